The largest absolute Gasteiger partial charge is 0.508 e. The number of phenols is 2. The number of nitrogens with zero attached hydrogens (tertiary/aromatic N) is 7. The highest BCUT2D eigenvalue weighted by atomic mass is 16.6. The minimum atomic E-state index is -1.98. The van der Waals surface area contributed by atoms with Crippen LogP contribution < -0.4 is 20.3 Å². The third-order valence-corrected chi connectivity index (χ3v) is 13.1. The number of carbonyl (C=O) groups excluding carboxylic acids is 4. The molecule has 9 rings (SSSR count). The molecule has 4 N–H and O–H groups in total. The number of fused-ring (bicyclic) bond motifs is 5. The first kappa shape index (κ1) is 46.3. The minimum Gasteiger partial charge on any atom is -0.508 e. The number of esters is 1. The van der Waals surface area contributed by atoms with Gasteiger partial charge in [-0.05, 0) is 91.9 Å². The van der Waals surface area contributed by atoms with Gasteiger partial charge in [0.1, 0.15) is 42.3 Å². The van der Waals surface area contributed by atoms with E-state index in [1.165, 1.54) is 24.9 Å². The van der Waals surface area contributed by atoms with Crippen LogP contribution in [-0.2, 0) is 39.5 Å². The van der Waals surface area contributed by atoms with Crippen LogP contribution >= 0.6 is 0 Å². The second kappa shape index (κ2) is 18.0. The second-order valence-corrected chi connectivity index (χ2v) is 18.0. The SMILES string of the molecule is CCNC(=O)c1nnc(-c2cc(C(C)C)c(O)cc2O)n1-c1ccc(OC2CCN(C(=O)CN(C)C(=O)Oc3ccc4nc5c(c(CC)c4c3)Cn3c-5cc4c(c3=O)COC(=O)[C@@]4(C)O)CC2)cc1. The van der Waals surface area contributed by atoms with Gasteiger partial charge in [0, 0.05) is 67.8 Å². The number of aryl methyl sites for hydroxylation is 1. The lowest BCUT2D eigenvalue weighted by Gasteiger charge is -2.33. The van der Waals surface area contributed by atoms with Crippen molar-refractivity contribution in [3.63, 3.8) is 0 Å². The summed E-state index contributed by atoms with van der Waals surface area (Å²) < 4.78 is 20.3. The zero-order chi connectivity index (χ0) is 49.1. The van der Waals surface area contributed by atoms with Gasteiger partial charge in [0.2, 0.25) is 11.7 Å². The van der Waals surface area contributed by atoms with Gasteiger partial charge in [-0.2, -0.15) is 0 Å². The third-order valence-electron chi connectivity index (χ3n) is 13.1. The van der Waals surface area contributed by atoms with E-state index in [0.717, 1.165) is 16.5 Å². The molecule has 0 spiro atoms. The molecule has 69 heavy (non-hydrogen) atoms. The van der Waals surface area contributed by atoms with E-state index >= 15 is 0 Å². The van der Waals surface area contributed by atoms with Crippen molar-refractivity contribution in [1.82, 2.24) is 39.4 Å². The maximum absolute atomic E-state index is 13.6. The number of piperidine rings is 1. The van der Waals surface area contributed by atoms with Gasteiger partial charge in [-0.1, -0.05) is 20.8 Å². The second-order valence-electron chi connectivity index (χ2n) is 18.0. The quantitative estimate of drug-likeness (QED) is 0.121. The maximum Gasteiger partial charge on any atom is 0.415 e. The van der Waals surface area contributed by atoms with Crippen LogP contribution in [0.15, 0.2) is 65.5 Å². The topological polar surface area (TPSA) is 241 Å². The van der Waals surface area contributed by atoms with E-state index in [-0.39, 0.29) is 83.2 Å². The lowest BCUT2D eigenvalue weighted by molar-refractivity contribution is -0.169. The molecule has 358 valence electrons. The molecule has 0 saturated carbocycles. The molecule has 0 radical (unpaired) electrons. The highest BCUT2D eigenvalue weighted by Crippen LogP contribution is 2.41. The van der Waals surface area contributed by atoms with Crippen molar-refractivity contribution in [2.24, 2.45) is 0 Å². The average Bonchev–Trinajstić information content (AvgIpc) is 3.93. The number of amides is 3. The van der Waals surface area contributed by atoms with Crippen molar-refractivity contribution in [2.75, 3.05) is 33.2 Å². The summed E-state index contributed by atoms with van der Waals surface area (Å²) in [5.41, 5.74) is 2.91. The fourth-order valence-corrected chi connectivity index (χ4v) is 9.32. The van der Waals surface area contributed by atoms with Crippen LogP contribution in [0.2, 0.25) is 0 Å². The lowest BCUT2D eigenvalue weighted by Crippen LogP contribution is -2.46. The van der Waals surface area contributed by atoms with Gasteiger partial charge in [0.05, 0.1) is 34.6 Å². The molecule has 19 heteroatoms. The predicted octanol–water partition coefficient (Wildman–Crippen LogP) is 5.28. The van der Waals surface area contributed by atoms with Crippen molar-refractivity contribution >= 4 is 34.8 Å². The van der Waals surface area contributed by atoms with E-state index in [4.69, 9.17) is 19.2 Å². The number of ether oxygens (including phenoxy) is 3. The number of likely N-dealkylation sites (tertiary alicyclic amines) is 1. The highest BCUT2D eigenvalue weighted by Gasteiger charge is 2.43. The van der Waals surface area contributed by atoms with Gasteiger partial charge in [-0.25, -0.2) is 14.6 Å². The molecule has 3 aliphatic heterocycles. The van der Waals surface area contributed by atoms with E-state index in [2.05, 4.69) is 15.5 Å². The van der Waals surface area contributed by atoms with E-state index in [0.29, 0.717) is 78.4 Å². The molecule has 6 heterocycles. The predicted molar refractivity (Wildman–Crippen MR) is 250 cm³/mol. The number of carbonyl (C=O) groups is 4. The first-order valence-corrected chi connectivity index (χ1v) is 22.9. The molecule has 0 bridgehead atoms. The smallest absolute Gasteiger partial charge is 0.415 e. The Hall–Kier alpha value is -7.80. The van der Waals surface area contributed by atoms with Gasteiger partial charge in [-0.15, -0.1) is 10.2 Å². The minimum absolute atomic E-state index is 0.0113. The summed E-state index contributed by atoms with van der Waals surface area (Å²) in [6.45, 7) is 9.88. The average molecular weight is 941 g/mol. The Labute approximate surface area is 395 Å². The summed E-state index contributed by atoms with van der Waals surface area (Å²) in [6.07, 6.45) is 0.743. The van der Waals surface area contributed by atoms with Crippen molar-refractivity contribution in [1.29, 1.82) is 0 Å². The molecule has 1 fully saturated rings. The standard InChI is InChI=1S/C50H52N8O11/c1-7-31-33-19-30(13-14-38(33)52-43-35(31)23-57-39(43)21-37-36(47(57)63)25-67-48(64)50(37,5)66)69-49(65)55(6)24-42(61)56-17-15-29(16-18-56)68-28-11-9-27(10-12-28)58-44(53-54-45(58)46(62)51-8-2)34-20-32(26(3)4)40(59)22-41(34)60/h9-14,19-22,26,29,59-60,66H,7-8,15-18,23-25H2,1-6H3,(H,51,62)/t50-/m0/s1. The molecule has 3 aromatic heterocycles. The fourth-order valence-electron chi connectivity index (χ4n) is 9.32. The monoisotopic (exact) mass is 940 g/mol. The third kappa shape index (κ3) is 8.36. The van der Waals surface area contributed by atoms with Crippen LogP contribution in [0, 0.1) is 0 Å². The van der Waals surface area contributed by atoms with E-state index < -0.39 is 23.6 Å². The van der Waals surface area contributed by atoms with Crippen molar-refractivity contribution in [2.45, 2.75) is 84.7 Å². The van der Waals surface area contributed by atoms with E-state index in [1.54, 1.807) is 75.6 Å². The summed E-state index contributed by atoms with van der Waals surface area (Å²) in [5.74, 6) is -0.811. The van der Waals surface area contributed by atoms with E-state index in [1.807, 2.05) is 20.8 Å². The van der Waals surface area contributed by atoms with Crippen LogP contribution in [0.4, 0.5) is 4.79 Å². The number of benzene rings is 3. The number of pyridine rings is 2. The summed E-state index contributed by atoms with van der Waals surface area (Å²) in [5, 5.41) is 44.2. The van der Waals surface area contributed by atoms with Gasteiger partial charge in [-0.3, -0.25) is 19.0 Å². The van der Waals surface area contributed by atoms with Crippen LogP contribution in [0.5, 0.6) is 23.0 Å². The van der Waals surface area contributed by atoms with Crippen LogP contribution in [-0.4, -0.2) is 113 Å². The molecular formula is C50H52N8O11. The molecule has 3 aliphatic rings. The first-order valence-electron chi connectivity index (χ1n) is 22.9. The number of hydrogen-bond acceptors (Lipinski definition) is 14. The van der Waals surface area contributed by atoms with Gasteiger partial charge >= 0.3 is 12.1 Å². The molecule has 0 aliphatic carbocycles. The van der Waals surface area contributed by atoms with Crippen LogP contribution in [0.3, 0.4) is 0 Å². The van der Waals surface area contributed by atoms with Crippen molar-refractivity contribution in [3.8, 4) is 51.5 Å². The number of aliphatic hydroxyl groups is 1. The Bertz CT molecular complexity index is 3130. The number of nitrogens with one attached hydrogen (secondary N) is 1. The van der Waals surface area contributed by atoms with Gasteiger partial charge in [0.15, 0.2) is 11.4 Å². The molecule has 0 unspecified atom stereocenters. The van der Waals surface area contributed by atoms with Crippen LogP contribution in [0.25, 0.3) is 39.4 Å². The zero-order valence-corrected chi connectivity index (χ0v) is 39.0. The van der Waals surface area contributed by atoms with Crippen LogP contribution in [0.1, 0.15) is 91.8 Å². The fraction of sp³-hybridized carbons (Fsp3) is 0.360. The highest BCUT2D eigenvalue weighted by molar-refractivity contribution is 5.93. The molecule has 3 amide bonds. The summed E-state index contributed by atoms with van der Waals surface area (Å²) in [7, 11) is 1.50. The summed E-state index contributed by atoms with van der Waals surface area (Å²) >= 11 is 0. The zero-order valence-electron chi connectivity index (χ0n) is 39.0. The summed E-state index contributed by atoms with van der Waals surface area (Å²) in [6, 6.07) is 16.6. The lowest BCUT2D eigenvalue weighted by atomic mass is 9.89. The Morgan fingerprint density at radius 3 is 2.38 bits per heavy atom. The number of aromatic nitrogens is 5. The number of hydrogen-bond donors (Lipinski definition) is 4. The molecule has 19 nitrogen and oxygen atoms in total. The molecule has 1 atom stereocenters. The number of cyclic esters (lactones) is 1. The van der Waals surface area contributed by atoms with Crippen molar-refractivity contribution < 1.29 is 48.7 Å². The summed E-state index contributed by atoms with van der Waals surface area (Å²) in [4.78, 5) is 73.7. The van der Waals surface area contributed by atoms with Gasteiger partial charge < -0.3 is 49.2 Å². The Morgan fingerprint density at radius 2 is 1.68 bits per heavy atom. The Balaban J connectivity index is 0.825. The Morgan fingerprint density at radius 1 is 0.957 bits per heavy atom. The molecule has 3 aromatic carbocycles. The first-order chi connectivity index (χ1) is 33.0. The van der Waals surface area contributed by atoms with Crippen molar-refractivity contribution in [3.05, 3.63) is 105 Å². The number of phenolic OH excluding ortho intramolecular Hbond substituents is 2. The number of likely N-dealkylation sites (N-methyl/N-ethyl adjacent to an activating group) is 1. The van der Waals surface area contributed by atoms with Gasteiger partial charge in [0.25, 0.3) is 11.5 Å². The maximum atomic E-state index is 13.6. The Kier molecular flexibility index (Phi) is 12.1. The van der Waals surface area contributed by atoms with E-state index in [9.17, 15) is 39.3 Å². The molecular weight excluding hydrogens is 889 g/mol. The molecule has 6 aromatic rings. The number of rotatable bonds is 11. The number of aromatic hydroxyl groups is 2. The molecule has 1 saturated heterocycles. The normalized spacial score (nSPS) is 16.5.